The maximum atomic E-state index is 12.8. The van der Waals surface area contributed by atoms with Gasteiger partial charge in [0, 0.05) is 19.3 Å². The average Bonchev–Trinajstić information content (AvgIpc) is 3.30. The van der Waals surface area contributed by atoms with Crippen molar-refractivity contribution in [3.63, 3.8) is 0 Å². The van der Waals surface area contributed by atoms with Crippen LogP contribution in [0.25, 0.3) is 0 Å². The Morgan fingerprint density at radius 2 is 0.615 bits per heavy atom. The number of unbranched alkanes of at least 4 members (excludes halogenated alkanes) is 26. The van der Waals surface area contributed by atoms with Crippen molar-refractivity contribution in [1.82, 2.24) is 0 Å². The van der Waals surface area contributed by atoms with E-state index < -0.39 is 6.10 Å². The predicted molar refractivity (Wildman–Crippen MR) is 279 cm³/mol. The topological polar surface area (TPSA) is 78.9 Å². The summed E-state index contributed by atoms with van der Waals surface area (Å²) >= 11 is 0. The van der Waals surface area contributed by atoms with Crippen molar-refractivity contribution >= 4 is 17.9 Å². The molecule has 0 amide bonds. The Bertz CT molecular complexity index is 1310. The van der Waals surface area contributed by atoms with Crippen LogP contribution >= 0.6 is 0 Å². The van der Waals surface area contributed by atoms with E-state index in [0.717, 1.165) is 83.5 Å². The Morgan fingerprint density at radius 3 is 1.00 bits per heavy atom. The molecule has 65 heavy (non-hydrogen) atoms. The summed E-state index contributed by atoms with van der Waals surface area (Å²) in [7, 11) is 0. The van der Waals surface area contributed by atoms with E-state index in [4.69, 9.17) is 14.2 Å². The van der Waals surface area contributed by atoms with Crippen molar-refractivity contribution in [3.8, 4) is 0 Å². The Balaban J connectivity index is 4.46. The second-order valence-corrected chi connectivity index (χ2v) is 17.6. The average molecular weight is 903 g/mol. The van der Waals surface area contributed by atoms with Crippen molar-refractivity contribution < 1.29 is 28.6 Å². The Labute approximate surface area is 400 Å². The monoisotopic (exact) mass is 903 g/mol. The molecule has 1 unspecified atom stereocenters. The molecule has 0 fully saturated rings. The molecule has 0 heterocycles. The fourth-order valence-corrected chi connectivity index (χ4v) is 7.24. The van der Waals surface area contributed by atoms with Gasteiger partial charge in [0.05, 0.1) is 0 Å². The summed E-state index contributed by atoms with van der Waals surface area (Å²) in [5.74, 6) is -0.952. The van der Waals surface area contributed by atoms with Gasteiger partial charge >= 0.3 is 17.9 Å². The molecule has 6 nitrogen and oxygen atoms in total. The van der Waals surface area contributed by atoms with Crippen molar-refractivity contribution in [1.29, 1.82) is 0 Å². The minimum Gasteiger partial charge on any atom is -0.462 e. The maximum Gasteiger partial charge on any atom is 0.306 e. The highest BCUT2D eigenvalue weighted by atomic mass is 16.6. The van der Waals surface area contributed by atoms with Crippen LogP contribution in [0.3, 0.4) is 0 Å². The normalized spacial score (nSPS) is 12.8. The first-order valence-corrected chi connectivity index (χ1v) is 26.8. The highest BCUT2D eigenvalue weighted by Crippen LogP contribution is 2.14. The molecule has 0 radical (unpaired) electrons. The van der Waals surface area contributed by atoms with Crippen molar-refractivity contribution in [3.05, 3.63) is 97.2 Å². The van der Waals surface area contributed by atoms with E-state index in [-0.39, 0.29) is 31.1 Å². The van der Waals surface area contributed by atoms with Gasteiger partial charge in [-0.3, -0.25) is 14.4 Å². The molecule has 0 spiro atoms. The molecular weight excluding hydrogens is 805 g/mol. The molecule has 0 aliphatic carbocycles. The van der Waals surface area contributed by atoms with Crippen molar-refractivity contribution in [2.24, 2.45) is 0 Å². The molecule has 0 aromatic rings. The van der Waals surface area contributed by atoms with Gasteiger partial charge in [-0.05, 0) is 64.2 Å². The summed E-state index contributed by atoms with van der Waals surface area (Å²) in [4.78, 5) is 38.0. The molecule has 0 aliphatic rings. The Hall–Kier alpha value is -3.67. The standard InChI is InChI=1S/C59H98O6/c1-4-7-10-13-16-19-22-24-26-28-30-32-33-35-37-40-43-46-49-52-58(61)64-55-56(54-63-57(60)51-48-45-42-39-21-18-15-12-9-6-3)65-59(62)53-50-47-44-41-38-36-34-31-29-27-25-23-20-17-14-11-8-5-2/h7,10,13,16,19,22,24,26,28,30-35,37,56H,4-6,8-9,11-12,14-15,17-18,20-21,23,25,27,29,36,38-55H2,1-3H3/b10-7-,16-13-,22-19-,26-24-,30-28+,33-32-,34-31-,37-35-. The maximum absolute atomic E-state index is 12.8. The lowest BCUT2D eigenvalue weighted by Gasteiger charge is -2.18. The van der Waals surface area contributed by atoms with Crippen LogP contribution < -0.4 is 0 Å². The molecule has 1 atom stereocenters. The third-order valence-electron chi connectivity index (χ3n) is 11.3. The van der Waals surface area contributed by atoms with E-state index >= 15 is 0 Å². The lowest BCUT2D eigenvalue weighted by Crippen LogP contribution is -2.30. The van der Waals surface area contributed by atoms with Crippen LogP contribution in [0.1, 0.15) is 239 Å². The fraction of sp³-hybridized carbons (Fsp3) is 0.678. The Kier molecular flexibility index (Phi) is 50.0. The van der Waals surface area contributed by atoms with Gasteiger partial charge in [0.25, 0.3) is 0 Å². The van der Waals surface area contributed by atoms with Crippen LogP contribution in [0.15, 0.2) is 97.2 Å². The quantitative estimate of drug-likeness (QED) is 0.0199. The van der Waals surface area contributed by atoms with Crippen LogP contribution in [-0.4, -0.2) is 37.2 Å². The van der Waals surface area contributed by atoms with Gasteiger partial charge in [0.2, 0.25) is 0 Å². The molecule has 0 saturated heterocycles. The summed E-state index contributed by atoms with van der Waals surface area (Å²) in [6.45, 7) is 6.43. The zero-order valence-electron chi connectivity index (χ0n) is 42.2. The predicted octanol–water partition coefficient (Wildman–Crippen LogP) is 17.8. The lowest BCUT2D eigenvalue weighted by atomic mass is 10.1. The minimum atomic E-state index is -0.799. The van der Waals surface area contributed by atoms with E-state index in [2.05, 4.69) is 45.1 Å². The number of carbonyl (C=O) groups is 3. The molecule has 0 rings (SSSR count). The van der Waals surface area contributed by atoms with Gasteiger partial charge in [0.1, 0.15) is 13.2 Å². The molecule has 0 aromatic heterocycles. The van der Waals surface area contributed by atoms with Gasteiger partial charge in [-0.15, -0.1) is 0 Å². The SMILES string of the molecule is CC\C=C/C=C\C=C/C=C\C=C\C=C/C=C\CCCCCC(=O)OCC(COC(=O)CCCCCCCCCCCC)OC(=O)CCCCCCC/C=C\CCCCCCCCCCC. The number of hydrogen-bond donors (Lipinski definition) is 0. The molecule has 0 aliphatic heterocycles. The number of ether oxygens (including phenoxy) is 3. The zero-order chi connectivity index (χ0) is 47.2. The largest absolute Gasteiger partial charge is 0.462 e. The number of allylic oxidation sites excluding steroid dienone is 16. The van der Waals surface area contributed by atoms with Crippen molar-refractivity contribution in [2.75, 3.05) is 13.2 Å². The van der Waals surface area contributed by atoms with E-state index in [9.17, 15) is 14.4 Å². The summed E-state index contributed by atoms with van der Waals surface area (Å²) in [6.07, 6.45) is 69.6. The number of esters is 3. The zero-order valence-corrected chi connectivity index (χ0v) is 42.2. The number of rotatable bonds is 47. The van der Waals surface area contributed by atoms with Gasteiger partial charge in [0.15, 0.2) is 6.10 Å². The highest BCUT2D eigenvalue weighted by Gasteiger charge is 2.19. The van der Waals surface area contributed by atoms with E-state index in [1.807, 2.05) is 72.9 Å². The van der Waals surface area contributed by atoms with Gasteiger partial charge in [-0.1, -0.05) is 253 Å². The molecule has 0 aromatic carbocycles. The van der Waals surface area contributed by atoms with E-state index in [0.29, 0.717) is 19.3 Å². The third-order valence-corrected chi connectivity index (χ3v) is 11.3. The number of carbonyl (C=O) groups excluding carboxylic acids is 3. The van der Waals surface area contributed by atoms with E-state index in [1.165, 1.54) is 116 Å². The summed E-state index contributed by atoms with van der Waals surface area (Å²) < 4.78 is 16.8. The molecule has 370 valence electrons. The fourth-order valence-electron chi connectivity index (χ4n) is 7.24. The molecule has 0 saturated carbocycles. The van der Waals surface area contributed by atoms with Crippen LogP contribution in [0.5, 0.6) is 0 Å². The highest BCUT2D eigenvalue weighted by molar-refractivity contribution is 5.71. The third kappa shape index (κ3) is 51.2. The first-order valence-electron chi connectivity index (χ1n) is 26.8. The first-order chi connectivity index (χ1) is 32.0. The summed E-state index contributed by atoms with van der Waals surface area (Å²) in [5, 5.41) is 0. The lowest BCUT2D eigenvalue weighted by molar-refractivity contribution is -0.167. The molecular formula is C59H98O6. The molecule has 0 bridgehead atoms. The van der Waals surface area contributed by atoms with Crippen LogP contribution in [0.2, 0.25) is 0 Å². The van der Waals surface area contributed by atoms with Crippen LogP contribution in [-0.2, 0) is 28.6 Å². The summed E-state index contributed by atoms with van der Waals surface area (Å²) in [5.41, 5.74) is 0. The van der Waals surface area contributed by atoms with Gasteiger partial charge in [-0.25, -0.2) is 0 Å². The Morgan fingerprint density at radius 1 is 0.323 bits per heavy atom. The first kappa shape index (κ1) is 61.3. The molecule has 0 N–H and O–H groups in total. The van der Waals surface area contributed by atoms with Gasteiger partial charge in [-0.2, -0.15) is 0 Å². The van der Waals surface area contributed by atoms with E-state index in [1.54, 1.807) is 0 Å². The van der Waals surface area contributed by atoms with Crippen LogP contribution in [0, 0.1) is 0 Å². The molecule has 6 heteroatoms. The smallest absolute Gasteiger partial charge is 0.306 e. The second-order valence-electron chi connectivity index (χ2n) is 17.6. The van der Waals surface area contributed by atoms with Crippen molar-refractivity contribution in [2.45, 2.75) is 245 Å². The van der Waals surface area contributed by atoms with Gasteiger partial charge < -0.3 is 14.2 Å². The minimum absolute atomic E-state index is 0.0951. The van der Waals surface area contributed by atoms with Crippen LogP contribution in [0.4, 0.5) is 0 Å². The number of hydrogen-bond acceptors (Lipinski definition) is 6. The second kappa shape index (κ2) is 52.9. The summed E-state index contributed by atoms with van der Waals surface area (Å²) in [6, 6.07) is 0.